The van der Waals surface area contributed by atoms with Crippen molar-refractivity contribution in [2.45, 2.75) is 32.2 Å². The summed E-state index contributed by atoms with van der Waals surface area (Å²) in [5.41, 5.74) is 0. The maximum absolute atomic E-state index is 5.90. The first kappa shape index (κ1) is 14.4. The summed E-state index contributed by atoms with van der Waals surface area (Å²) in [6.45, 7) is 5.73. The molecule has 0 aliphatic carbocycles. The molecule has 3 nitrogen and oxygen atoms in total. The van der Waals surface area contributed by atoms with Crippen molar-refractivity contribution in [3.8, 4) is 5.75 Å². The van der Waals surface area contributed by atoms with Crippen LogP contribution < -0.4 is 10.1 Å². The van der Waals surface area contributed by atoms with Crippen LogP contribution in [0, 0.1) is 5.92 Å². The van der Waals surface area contributed by atoms with E-state index in [1.54, 1.807) is 0 Å². The van der Waals surface area contributed by atoms with Crippen molar-refractivity contribution in [1.82, 2.24) is 5.32 Å². The van der Waals surface area contributed by atoms with E-state index in [1.807, 2.05) is 30.3 Å². The van der Waals surface area contributed by atoms with Crippen LogP contribution in [0.4, 0.5) is 0 Å². The number of nitrogens with one attached hydrogen (secondary N) is 1. The van der Waals surface area contributed by atoms with Crippen molar-refractivity contribution in [3.63, 3.8) is 0 Å². The average Bonchev–Trinajstić information content (AvgIpc) is 2.49. The van der Waals surface area contributed by atoms with E-state index >= 15 is 0 Å². The van der Waals surface area contributed by atoms with Gasteiger partial charge in [-0.25, -0.2) is 0 Å². The van der Waals surface area contributed by atoms with Crippen LogP contribution in [0.2, 0.25) is 0 Å². The molecule has 1 heterocycles. The van der Waals surface area contributed by atoms with Gasteiger partial charge in [0.05, 0.1) is 6.61 Å². The number of para-hydroxylation sites is 1. The summed E-state index contributed by atoms with van der Waals surface area (Å²) in [5, 5.41) is 3.60. The van der Waals surface area contributed by atoms with E-state index in [2.05, 4.69) is 12.2 Å². The van der Waals surface area contributed by atoms with Crippen LogP contribution in [0.5, 0.6) is 5.75 Å². The summed E-state index contributed by atoms with van der Waals surface area (Å²) in [5.74, 6) is 1.52. The van der Waals surface area contributed by atoms with Crippen molar-refractivity contribution < 1.29 is 9.47 Å². The Hall–Kier alpha value is -1.06. The molecule has 1 fully saturated rings. The monoisotopic (exact) mass is 263 g/mol. The number of benzene rings is 1. The Labute approximate surface area is 116 Å². The fraction of sp³-hybridized carbons (Fsp3) is 0.625. The average molecular weight is 263 g/mol. The van der Waals surface area contributed by atoms with Crippen LogP contribution >= 0.6 is 0 Å². The Bertz CT molecular complexity index is 336. The van der Waals surface area contributed by atoms with Gasteiger partial charge in [-0.2, -0.15) is 0 Å². The highest BCUT2D eigenvalue weighted by atomic mass is 16.5. The molecule has 0 radical (unpaired) electrons. The highest BCUT2D eigenvalue weighted by Gasteiger charge is 2.24. The maximum atomic E-state index is 5.90. The van der Waals surface area contributed by atoms with Gasteiger partial charge in [-0.15, -0.1) is 0 Å². The molecule has 0 amide bonds. The fourth-order valence-corrected chi connectivity index (χ4v) is 2.48. The molecule has 0 bridgehead atoms. The van der Waals surface area contributed by atoms with Gasteiger partial charge in [-0.3, -0.25) is 0 Å². The van der Waals surface area contributed by atoms with Crippen LogP contribution in [0.1, 0.15) is 26.2 Å². The number of rotatable bonds is 7. The van der Waals surface area contributed by atoms with Gasteiger partial charge < -0.3 is 14.8 Å². The Balaban J connectivity index is 1.85. The van der Waals surface area contributed by atoms with Gasteiger partial charge in [0.2, 0.25) is 0 Å². The van der Waals surface area contributed by atoms with Gasteiger partial charge in [0.1, 0.15) is 12.4 Å². The second-order valence-electron chi connectivity index (χ2n) is 5.16. The molecule has 1 N–H and O–H groups in total. The van der Waals surface area contributed by atoms with Crippen LogP contribution in [0.15, 0.2) is 30.3 Å². The lowest BCUT2D eigenvalue weighted by Gasteiger charge is -2.31. The summed E-state index contributed by atoms with van der Waals surface area (Å²) in [6.07, 6.45) is 3.55. The Morgan fingerprint density at radius 1 is 1.37 bits per heavy atom. The first-order chi connectivity index (χ1) is 9.40. The van der Waals surface area contributed by atoms with Crippen molar-refractivity contribution >= 4 is 0 Å². The summed E-state index contributed by atoms with van der Waals surface area (Å²) < 4.78 is 11.5. The highest BCUT2D eigenvalue weighted by molar-refractivity contribution is 5.20. The predicted molar refractivity (Wildman–Crippen MR) is 77.6 cm³/mol. The van der Waals surface area contributed by atoms with E-state index in [0.29, 0.717) is 12.0 Å². The quantitative estimate of drug-likeness (QED) is 0.820. The molecule has 2 unspecified atom stereocenters. The van der Waals surface area contributed by atoms with Crippen molar-refractivity contribution in [1.29, 1.82) is 0 Å². The van der Waals surface area contributed by atoms with Gasteiger partial charge in [0, 0.05) is 18.6 Å². The van der Waals surface area contributed by atoms with E-state index in [-0.39, 0.29) is 0 Å². The van der Waals surface area contributed by atoms with Gasteiger partial charge in [0.15, 0.2) is 0 Å². The van der Waals surface area contributed by atoms with Crippen LogP contribution in [-0.4, -0.2) is 32.4 Å². The number of ether oxygens (including phenoxy) is 2. The topological polar surface area (TPSA) is 30.5 Å². The third kappa shape index (κ3) is 4.84. The zero-order chi connectivity index (χ0) is 13.3. The minimum absolute atomic E-state index is 0.389. The lowest BCUT2D eigenvalue weighted by Crippen LogP contribution is -2.44. The minimum Gasteiger partial charge on any atom is -0.492 e. The first-order valence-corrected chi connectivity index (χ1v) is 7.39. The molecule has 2 atom stereocenters. The van der Waals surface area contributed by atoms with Gasteiger partial charge in [0.25, 0.3) is 0 Å². The third-order valence-electron chi connectivity index (χ3n) is 3.59. The summed E-state index contributed by atoms with van der Waals surface area (Å²) in [4.78, 5) is 0. The molecule has 1 aromatic rings. The second-order valence-corrected chi connectivity index (χ2v) is 5.16. The minimum atomic E-state index is 0.389. The molecule has 1 aliphatic heterocycles. The Morgan fingerprint density at radius 2 is 2.21 bits per heavy atom. The predicted octanol–water partition coefficient (Wildman–Crippen LogP) is 2.86. The second kappa shape index (κ2) is 8.18. The molecule has 0 spiro atoms. The Kier molecular flexibility index (Phi) is 6.18. The van der Waals surface area contributed by atoms with E-state index in [9.17, 15) is 0 Å². The highest BCUT2D eigenvalue weighted by Crippen LogP contribution is 2.19. The van der Waals surface area contributed by atoms with Crippen molar-refractivity contribution in [3.05, 3.63) is 30.3 Å². The molecule has 106 valence electrons. The molecular weight excluding hydrogens is 238 g/mol. The largest absolute Gasteiger partial charge is 0.492 e. The first-order valence-electron chi connectivity index (χ1n) is 7.39. The molecule has 0 aromatic heterocycles. The standard InChI is InChI=1S/C16H25NO2/c1-2-10-17-16(14-7-6-11-18-12-14)13-19-15-8-4-3-5-9-15/h3-5,8-9,14,16-17H,2,6-7,10-13H2,1H3. The fourth-order valence-electron chi connectivity index (χ4n) is 2.48. The zero-order valence-electron chi connectivity index (χ0n) is 11.8. The molecule has 19 heavy (non-hydrogen) atoms. The summed E-state index contributed by atoms with van der Waals surface area (Å²) in [7, 11) is 0. The molecule has 2 rings (SSSR count). The lowest BCUT2D eigenvalue weighted by atomic mass is 9.94. The molecule has 1 saturated heterocycles. The van der Waals surface area contributed by atoms with E-state index in [4.69, 9.17) is 9.47 Å². The SMILES string of the molecule is CCCNC(COc1ccccc1)C1CCCOC1. The normalized spacial score (nSPS) is 21.0. The summed E-state index contributed by atoms with van der Waals surface area (Å²) in [6, 6.07) is 10.4. The van der Waals surface area contributed by atoms with Crippen molar-refractivity contribution in [2.24, 2.45) is 5.92 Å². The van der Waals surface area contributed by atoms with Gasteiger partial charge >= 0.3 is 0 Å². The molecule has 0 saturated carbocycles. The summed E-state index contributed by atoms with van der Waals surface area (Å²) >= 11 is 0. The number of hydrogen-bond acceptors (Lipinski definition) is 3. The smallest absolute Gasteiger partial charge is 0.119 e. The van der Waals surface area contributed by atoms with E-state index in [1.165, 1.54) is 12.8 Å². The van der Waals surface area contributed by atoms with Gasteiger partial charge in [-0.05, 0) is 37.9 Å². The molecular formula is C16H25NO2. The molecule has 1 aliphatic rings. The van der Waals surface area contributed by atoms with E-state index < -0.39 is 0 Å². The van der Waals surface area contributed by atoms with Crippen LogP contribution in [-0.2, 0) is 4.74 Å². The van der Waals surface area contributed by atoms with E-state index in [0.717, 1.165) is 38.5 Å². The third-order valence-corrected chi connectivity index (χ3v) is 3.59. The van der Waals surface area contributed by atoms with Crippen molar-refractivity contribution in [2.75, 3.05) is 26.4 Å². The van der Waals surface area contributed by atoms with Gasteiger partial charge in [-0.1, -0.05) is 25.1 Å². The number of hydrogen-bond donors (Lipinski definition) is 1. The lowest BCUT2D eigenvalue weighted by molar-refractivity contribution is 0.0307. The zero-order valence-corrected chi connectivity index (χ0v) is 11.8. The molecule has 3 heteroatoms. The Morgan fingerprint density at radius 3 is 2.89 bits per heavy atom. The maximum Gasteiger partial charge on any atom is 0.119 e. The van der Waals surface area contributed by atoms with Crippen LogP contribution in [0.3, 0.4) is 0 Å². The molecule has 1 aromatic carbocycles. The van der Waals surface area contributed by atoms with Crippen LogP contribution in [0.25, 0.3) is 0 Å².